The fourth-order valence-corrected chi connectivity index (χ4v) is 3.03. The van der Waals surface area contributed by atoms with Crippen LogP contribution in [0.3, 0.4) is 0 Å². The summed E-state index contributed by atoms with van der Waals surface area (Å²) in [7, 11) is 0. The first-order valence-corrected chi connectivity index (χ1v) is 8.99. The van der Waals surface area contributed by atoms with Crippen LogP contribution >= 0.6 is 0 Å². The zero-order valence-electron chi connectivity index (χ0n) is 15.9. The number of nitrogens with zero attached hydrogens (tertiary/aromatic N) is 2. The normalized spacial score (nSPS) is 14.7. The topological polar surface area (TPSA) is 143 Å². The van der Waals surface area contributed by atoms with E-state index < -0.39 is 34.1 Å². The Balaban J connectivity index is 1.60. The summed E-state index contributed by atoms with van der Waals surface area (Å²) >= 11 is 0. The van der Waals surface area contributed by atoms with Crippen molar-refractivity contribution >= 4 is 35.2 Å². The van der Waals surface area contributed by atoms with E-state index in [0.717, 1.165) is 17.1 Å². The van der Waals surface area contributed by atoms with Gasteiger partial charge < -0.3 is 9.52 Å². The Hall–Kier alpha value is -4.80. The molecule has 1 fully saturated rings. The fraction of sp³-hybridized carbons (Fsp3) is 0. The Morgan fingerprint density at radius 1 is 1.12 bits per heavy atom. The third kappa shape index (κ3) is 3.69. The second-order valence-electron chi connectivity index (χ2n) is 6.61. The minimum absolute atomic E-state index is 0.130. The van der Waals surface area contributed by atoms with E-state index in [1.54, 1.807) is 0 Å². The molecule has 32 heavy (non-hydrogen) atoms. The van der Waals surface area contributed by atoms with Gasteiger partial charge in [-0.05, 0) is 48.5 Å². The molecule has 0 unspecified atom stereocenters. The number of non-ortho nitro benzene ring substituents is 1. The Morgan fingerprint density at radius 2 is 1.84 bits per heavy atom. The van der Waals surface area contributed by atoms with Crippen LogP contribution in [0.1, 0.15) is 16.1 Å². The molecule has 0 radical (unpaired) electrons. The number of nitrogens with one attached hydrogen (secondary N) is 1. The van der Waals surface area contributed by atoms with Gasteiger partial charge in [-0.1, -0.05) is 0 Å². The van der Waals surface area contributed by atoms with Gasteiger partial charge in [0.05, 0.1) is 16.2 Å². The van der Waals surface area contributed by atoms with E-state index in [9.17, 15) is 28.9 Å². The number of anilines is 1. The third-order valence-corrected chi connectivity index (χ3v) is 4.60. The average molecular weight is 437 g/mol. The Bertz CT molecular complexity index is 1310. The highest BCUT2D eigenvalue weighted by Crippen LogP contribution is 2.27. The quantitative estimate of drug-likeness (QED) is 0.270. The minimum Gasteiger partial charge on any atom is -0.478 e. The molecule has 1 aromatic heterocycles. The summed E-state index contributed by atoms with van der Waals surface area (Å²) in [5, 5.41) is 20.8. The molecule has 3 aromatic rings. The van der Waals surface area contributed by atoms with Crippen LogP contribution in [-0.2, 0) is 9.59 Å². The molecular weight excluding hydrogens is 425 g/mol. The summed E-state index contributed by atoms with van der Waals surface area (Å²) in [5.74, 6) is -3.40. The molecule has 0 aliphatic carbocycles. The first-order valence-electron chi connectivity index (χ1n) is 8.99. The van der Waals surface area contributed by atoms with Gasteiger partial charge in [-0.2, -0.15) is 0 Å². The monoisotopic (exact) mass is 437 g/mol. The molecule has 1 saturated heterocycles. The number of carbonyl (C=O) groups is 3. The summed E-state index contributed by atoms with van der Waals surface area (Å²) in [6, 6.07) is 11.4. The van der Waals surface area contributed by atoms with Gasteiger partial charge in [0.1, 0.15) is 22.9 Å². The van der Waals surface area contributed by atoms with Gasteiger partial charge in [-0.25, -0.2) is 14.2 Å². The van der Waals surface area contributed by atoms with Gasteiger partial charge in [-0.3, -0.25) is 25.1 Å². The predicted octanol–water partition coefficient (Wildman–Crippen LogP) is 3.15. The average Bonchev–Trinajstić information content (AvgIpc) is 3.34. The molecule has 2 amide bonds. The number of hydrogen-bond acceptors (Lipinski definition) is 6. The molecule has 0 bridgehead atoms. The van der Waals surface area contributed by atoms with Crippen LogP contribution < -0.4 is 10.4 Å². The van der Waals surface area contributed by atoms with Crippen molar-refractivity contribution in [3.05, 3.63) is 87.4 Å². The van der Waals surface area contributed by atoms with Crippen LogP contribution in [0.5, 0.6) is 0 Å². The van der Waals surface area contributed by atoms with E-state index >= 15 is 0 Å². The van der Waals surface area contributed by atoms with E-state index in [0.29, 0.717) is 5.56 Å². The molecule has 2 heterocycles. The van der Waals surface area contributed by atoms with Crippen LogP contribution in [0.4, 0.5) is 15.8 Å². The summed E-state index contributed by atoms with van der Waals surface area (Å²) in [4.78, 5) is 46.2. The van der Waals surface area contributed by atoms with Gasteiger partial charge in [0.25, 0.3) is 17.5 Å². The Kier molecular flexibility index (Phi) is 4.99. The Labute approximate surface area is 178 Å². The van der Waals surface area contributed by atoms with Crippen LogP contribution in [0, 0.1) is 15.9 Å². The van der Waals surface area contributed by atoms with Crippen molar-refractivity contribution in [3.63, 3.8) is 0 Å². The zero-order valence-corrected chi connectivity index (χ0v) is 15.9. The van der Waals surface area contributed by atoms with Gasteiger partial charge in [0.2, 0.25) is 0 Å². The van der Waals surface area contributed by atoms with E-state index in [-0.39, 0.29) is 28.5 Å². The maximum absolute atomic E-state index is 13.6. The number of hydrogen-bond donors (Lipinski definition) is 2. The van der Waals surface area contributed by atoms with E-state index in [1.807, 2.05) is 0 Å². The highest BCUT2D eigenvalue weighted by Gasteiger charge is 2.35. The number of carboxylic acid groups (broad SMARTS) is 1. The van der Waals surface area contributed by atoms with Crippen molar-refractivity contribution in [2.24, 2.45) is 0 Å². The smallest absolute Gasteiger partial charge is 0.338 e. The highest BCUT2D eigenvalue weighted by molar-refractivity contribution is 6.31. The number of carboxylic acids is 1. The molecule has 4 rings (SSSR count). The number of nitro groups is 1. The SMILES string of the molecule is O=C1NN(c2ccc([N+](=O)[O-])cc2)C(=O)/C1=C/c1ccc(-c2ccc(F)c(C(=O)O)c2)o1. The lowest BCUT2D eigenvalue weighted by Gasteiger charge is -2.13. The molecule has 1 aliphatic rings. The lowest BCUT2D eigenvalue weighted by molar-refractivity contribution is -0.384. The number of halogens is 1. The number of rotatable bonds is 5. The van der Waals surface area contributed by atoms with Gasteiger partial charge >= 0.3 is 5.97 Å². The van der Waals surface area contributed by atoms with Crippen LogP contribution in [0.2, 0.25) is 0 Å². The molecule has 1 aliphatic heterocycles. The molecule has 10 nitrogen and oxygen atoms in total. The summed E-state index contributed by atoms with van der Waals surface area (Å²) in [5.41, 5.74) is 1.95. The van der Waals surface area contributed by atoms with E-state index in [2.05, 4.69) is 5.43 Å². The first kappa shape index (κ1) is 20.5. The Morgan fingerprint density at radius 3 is 2.50 bits per heavy atom. The molecule has 11 heteroatoms. The number of amides is 2. The number of carbonyl (C=O) groups excluding carboxylic acids is 2. The van der Waals surface area contributed by atoms with Gasteiger partial charge in [0, 0.05) is 17.7 Å². The number of benzene rings is 2. The zero-order chi connectivity index (χ0) is 23.0. The molecule has 0 saturated carbocycles. The van der Waals surface area contributed by atoms with Crippen molar-refractivity contribution in [2.75, 3.05) is 5.01 Å². The highest BCUT2D eigenvalue weighted by atomic mass is 19.1. The molecule has 160 valence electrons. The summed E-state index contributed by atoms with van der Waals surface area (Å²) < 4.78 is 19.2. The largest absolute Gasteiger partial charge is 0.478 e. The number of aromatic carboxylic acids is 1. The van der Waals surface area contributed by atoms with Gasteiger partial charge in [-0.15, -0.1) is 0 Å². The van der Waals surface area contributed by atoms with Crippen molar-refractivity contribution in [2.45, 2.75) is 0 Å². The number of hydrazine groups is 1. The predicted molar refractivity (Wildman–Crippen MR) is 108 cm³/mol. The second-order valence-corrected chi connectivity index (χ2v) is 6.61. The van der Waals surface area contributed by atoms with Crippen LogP contribution in [0.15, 0.2) is 64.6 Å². The molecule has 0 spiro atoms. The van der Waals surface area contributed by atoms with Crippen molar-refractivity contribution in [3.8, 4) is 11.3 Å². The molecular formula is C21H12FN3O7. The lowest BCUT2D eigenvalue weighted by Crippen LogP contribution is -2.35. The molecule has 2 N–H and O–H groups in total. The van der Waals surface area contributed by atoms with Crippen LogP contribution in [0.25, 0.3) is 17.4 Å². The maximum Gasteiger partial charge on any atom is 0.338 e. The second kappa shape index (κ2) is 7.80. The van der Waals surface area contributed by atoms with Gasteiger partial charge in [0.15, 0.2) is 0 Å². The maximum atomic E-state index is 13.6. The first-order chi connectivity index (χ1) is 15.2. The van der Waals surface area contributed by atoms with Crippen LogP contribution in [-0.4, -0.2) is 27.8 Å². The number of nitro benzene ring substituents is 1. The summed E-state index contributed by atoms with van der Waals surface area (Å²) in [6.45, 7) is 0. The fourth-order valence-electron chi connectivity index (χ4n) is 3.03. The standard InChI is InChI=1S/C21H12FN3O7/c22-17-7-1-11(9-15(17)21(28)29)18-8-6-14(32-18)10-16-19(26)23-24(20(16)27)12-2-4-13(5-3-12)25(30)31/h1-10H,(H,23,26)(H,28,29)/b16-10+. The third-order valence-electron chi connectivity index (χ3n) is 4.60. The van der Waals surface area contributed by atoms with Crippen molar-refractivity contribution in [1.82, 2.24) is 5.43 Å². The lowest BCUT2D eigenvalue weighted by atomic mass is 10.1. The van der Waals surface area contributed by atoms with Crippen molar-refractivity contribution in [1.29, 1.82) is 0 Å². The molecule has 2 aromatic carbocycles. The number of furan rings is 1. The summed E-state index contributed by atoms with van der Waals surface area (Å²) in [6.07, 6.45) is 1.20. The van der Waals surface area contributed by atoms with E-state index in [1.165, 1.54) is 48.5 Å². The minimum atomic E-state index is -1.43. The molecule has 0 atom stereocenters. The van der Waals surface area contributed by atoms with E-state index in [4.69, 9.17) is 9.52 Å². The van der Waals surface area contributed by atoms with Crippen molar-refractivity contribution < 1.29 is 33.2 Å².